The Hall–Kier alpha value is -3.77. The third-order valence-corrected chi connectivity index (χ3v) is 6.88. The number of nitrogens with zero attached hydrogens (tertiary/aromatic N) is 5. The molecule has 166 valence electrons. The molecule has 2 aromatic heterocycles. The molecule has 0 spiro atoms. The third kappa shape index (κ3) is 3.17. The van der Waals surface area contributed by atoms with Crippen LogP contribution >= 0.6 is 0 Å². The average molecular weight is 443 g/mol. The first kappa shape index (κ1) is 19.9. The van der Waals surface area contributed by atoms with E-state index in [0.29, 0.717) is 24.1 Å². The van der Waals surface area contributed by atoms with E-state index in [4.69, 9.17) is 21.9 Å². The topological polar surface area (TPSA) is 102 Å². The van der Waals surface area contributed by atoms with E-state index < -0.39 is 0 Å². The highest BCUT2D eigenvalue weighted by molar-refractivity contribution is 5.88. The molecule has 33 heavy (non-hydrogen) atoms. The smallest absolute Gasteiger partial charge is 0.324 e. The van der Waals surface area contributed by atoms with Gasteiger partial charge in [0.2, 0.25) is 5.82 Å². The van der Waals surface area contributed by atoms with Crippen molar-refractivity contribution < 1.29 is 9.13 Å². The second-order valence-corrected chi connectivity index (χ2v) is 8.75. The monoisotopic (exact) mass is 443 g/mol. The molecule has 3 N–H and O–H groups in total. The Bertz CT molecular complexity index is 1300. The predicted octanol–water partition coefficient (Wildman–Crippen LogP) is 2.72. The number of hydrogen-bond donors (Lipinski definition) is 2. The van der Waals surface area contributed by atoms with E-state index in [0.717, 1.165) is 53.3 Å². The van der Waals surface area contributed by atoms with Crippen molar-refractivity contribution in [2.24, 2.45) is 11.7 Å². The van der Waals surface area contributed by atoms with Gasteiger partial charge in [-0.25, -0.2) is 14.4 Å². The van der Waals surface area contributed by atoms with Crippen molar-refractivity contribution in [3.63, 3.8) is 0 Å². The molecule has 3 heterocycles. The van der Waals surface area contributed by atoms with Crippen LogP contribution in [0.3, 0.4) is 0 Å². The van der Waals surface area contributed by atoms with Crippen molar-refractivity contribution in [1.29, 1.82) is 0 Å². The fraction of sp³-hybridized carbons (Fsp3) is 0.333. The molecule has 6 rings (SSSR count). The van der Waals surface area contributed by atoms with Crippen LogP contribution in [0.25, 0.3) is 11.1 Å². The van der Waals surface area contributed by atoms with Gasteiger partial charge in [0.15, 0.2) is 5.75 Å². The van der Waals surface area contributed by atoms with Crippen molar-refractivity contribution in [1.82, 2.24) is 19.9 Å². The summed E-state index contributed by atoms with van der Waals surface area (Å²) in [5.74, 6) is 3.94. The summed E-state index contributed by atoms with van der Waals surface area (Å²) < 4.78 is 20.4. The molecule has 3 atom stereocenters. The number of benzene rings is 1. The van der Waals surface area contributed by atoms with Crippen molar-refractivity contribution in [2.75, 3.05) is 23.8 Å². The van der Waals surface area contributed by atoms with Gasteiger partial charge in [0.05, 0.1) is 18.1 Å². The summed E-state index contributed by atoms with van der Waals surface area (Å²) in [5, 5.41) is 3.11. The zero-order valence-corrected chi connectivity index (χ0v) is 18.0. The number of anilines is 2. The number of aromatic nitrogens is 4. The number of fused-ring (bicyclic) bond motifs is 5. The van der Waals surface area contributed by atoms with Crippen LogP contribution in [0.5, 0.6) is 11.8 Å². The lowest BCUT2D eigenvalue weighted by Crippen LogP contribution is -2.41. The van der Waals surface area contributed by atoms with Crippen LogP contribution in [-0.4, -0.2) is 45.6 Å². The Labute approximate surface area is 190 Å². The van der Waals surface area contributed by atoms with E-state index in [2.05, 4.69) is 31.1 Å². The first-order valence-electron chi connectivity index (χ1n) is 10.9. The zero-order valence-electron chi connectivity index (χ0n) is 18.0. The Morgan fingerprint density at radius 3 is 2.73 bits per heavy atom. The van der Waals surface area contributed by atoms with Gasteiger partial charge in [0.1, 0.15) is 11.6 Å². The van der Waals surface area contributed by atoms with Crippen LogP contribution in [0, 0.1) is 24.1 Å². The molecule has 8 nitrogen and oxygen atoms in total. The molecule has 2 bridgehead atoms. The molecule has 2 fully saturated rings. The molecule has 3 aromatic rings. The minimum absolute atomic E-state index is 0.201. The minimum Gasteiger partial charge on any atom is -0.421 e. The summed E-state index contributed by atoms with van der Waals surface area (Å²) in [6.45, 7) is 0.818. The summed E-state index contributed by atoms with van der Waals surface area (Å²) in [6.07, 6.45) is 10.8. The first-order chi connectivity index (χ1) is 16.0. The van der Waals surface area contributed by atoms with Crippen LogP contribution < -0.4 is 20.7 Å². The van der Waals surface area contributed by atoms with Crippen LogP contribution in [0.4, 0.5) is 15.9 Å². The maximum absolute atomic E-state index is 14.5. The van der Waals surface area contributed by atoms with Crippen molar-refractivity contribution in [3.05, 3.63) is 47.4 Å². The Kier molecular flexibility index (Phi) is 4.45. The van der Waals surface area contributed by atoms with E-state index in [1.807, 2.05) is 0 Å². The van der Waals surface area contributed by atoms with Gasteiger partial charge in [-0.1, -0.05) is 0 Å². The molecule has 2 aliphatic carbocycles. The van der Waals surface area contributed by atoms with Gasteiger partial charge < -0.3 is 20.7 Å². The van der Waals surface area contributed by atoms with Crippen LogP contribution in [0.1, 0.15) is 29.9 Å². The zero-order chi connectivity index (χ0) is 22.7. The molecule has 1 saturated heterocycles. The fourth-order valence-electron chi connectivity index (χ4n) is 5.37. The number of halogens is 1. The molecule has 0 radical (unpaired) electrons. The largest absolute Gasteiger partial charge is 0.421 e. The molecule has 0 amide bonds. The summed E-state index contributed by atoms with van der Waals surface area (Å²) in [7, 11) is 1.79. The number of rotatable bonds is 4. The van der Waals surface area contributed by atoms with Crippen LogP contribution in [0.15, 0.2) is 24.5 Å². The lowest BCUT2D eigenvalue weighted by atomic mass is 10.0. The standard InChI is InChI=1S/C24H22FN7O/c1-3-21-28-9-15(10-29-21)33-24-30-20-8-16-17(5-13(25)6-19(16)27-2)22(20)23(31-24)32-11-12-4-14(32)7-18(12)26/h1,5-6,9-10,12,14,18,27H,4,7-8,11,26H2,2H3/t12-,14-,18-/m1/s1. The van der Waals surface area contributed by atoms with Crippen molar-refractivity contribution in [2.45, 2.75) is 31.3 Å². The average Bonchev–Trinajstić information content (AvgIpc) is 3.50. The molecule has 1 saturated carbocycles. The van der Waals surface area contributed by atoms with Gasteiger partial charge in [-0.05, 0) is 47.9 Å². The lowest BCUT2D eigenvalue weighted by molar-refractivity contribution is 0.432. The van der Waals surface area contributed by atoms with E-state index in [1.54, 1.807) is 13.1 Å². The number of terminal acetylenes is 1. The number of piperidine rings is 1. The minimum atomic E-state index is -0.298. The quantitative estimate of drug-likeness (QED) is 0.464. The fourth-order valence-corrected chi connectivity index (χ4v) is 5.37. The summed E-state index contributed by atoms with van der Waals surface area (Å²) in [6, 6.07) is 3.80. The molecule has 1 aromatic carbocycles. The number of ether oxygens (including phenoxy) is 1. The highest BCUT2D eigenvalue weighted by Gasteiger charge is 2.45. The molecule has 0 unspecified atom stereocenters. The molecule has 9 heteroatoms. The highest BCUT2D eigenvalue weighted by atomic mass is 19.1. The van der Waals surface area contributed by atoms with Crippen LogP contribution in [0.2, 0.25) is 0 Å². The Morgan fingerprint density at radius 1 is 1.24 bits per heavy atom. The SMILES string of the molecule is C#Cc1ncc(Oc2nc3c(c(N4C[C@H]5C[C@@H]4C[C@H]5N)n2)-c2cc(F)cc(NC)c2C3)cn1. The van der Waals surface area contributed by atoms with Gasteiger partial charge in [0, 0.05) is 43.3 Å². The molecular weight excluding hydrogens is 421 g/mol. The van der Waals surface area contributed by atoms with Gasteiger partial charge in [-0.15, -0.1) is 6.42 Å². The van der Waals surface area contributed by atoms with E-state index in [9.17, 15) is 4.39 Å². The normalized spacial score (nSPS) is 22.1. The number of hydrogen-bond acceptors (Lipinski definition) is 8. The van der Waals surface area contributed by atoms with Gasteiger partial charge in [-0.3, -0.25) is 0 Å². The molecular formula is C24H22FN7O. The van der Waals surface area contributed by atoms with E-state index in [1.165, 1.54) is 18.5 Å². The predicted molar refractivity (Wildman–Crippen MR) is 122 cm³/mol. The van der Waals surface area contributed by atoms with E-state index >= 15 is 0 Å². The van der Waals surface area contributed by atoms with Crippen LogP contribution in [-0.2, 0) is 6.42 Å². The van der Waals surface area contributed by atoms with Gasteiger partial charge >= 0.3 is 6.01 Å². The first-order valence-corrected chi connectivity index (χ1v) is 10.9. The second kappa shape index (κ2) is 7.39. The third-order valence-electron chi connectivity index (χ3n) is 6.88. The molecule has 1 aliphatic heterocycles. The molecule has 3 aliphatic rings. The maximum Gasteiger partial charge on any atom is 0.324 e. The number of nitrogens with one attached hydrogen (secondary N) is 1. The Morgan fingerprint density at radius 2 is 2.06 bits per heavy atom. The van der Waals surface area contributed by atoms with Gasteiger partial charge in [-0.2, -0.15) is 9.97 Å². The van der Waals surface area contributed by atoms with Crippen molar-refractivity contribution in [3.8, 4) is 35.2 Å². The Balaban J connectivity index is 1.46. The lowest BCUT2D eigenvalue weighted by Gasteiger charge is -2.32. The van der Waals surface area contributed by atoms with Gasteiger partial charge in [0.25, 0.3) is 0 Å². The van der Waals surface area contributed by atoms with E-state index in [-0.39, 0.29) is 23.7 Å². The number of nitrogens with two attached hydrogens (primary N) is 1. The summed E-state index contributed by atoms with van der Waals surface area (Å²) >= 11 is 0. The second-order valence-electron chi connectivity index (χ2n) is 8.75. The summed E-state index contributed by atoms with van der Waals surface area (Å²) in [4.78, 5) is 19.9. The summed E-state index contributed by atoms with van der Waals surface area (Å²) in [5.41, 5.74) is 10.5. The van der Waals surface area contributed by atoms with Crippen molar-refractivity contribution >= 4 is 11.5 Å². The maximum atomic E-state index is 14.5. The highest BCUT2D eigenvalue weighted by Crippen LogP contribution is 2.48.